The number of carbonyl (C=O) groups excluding carboxylic acids is 2. The van der Waals surface area contributed by atoms with Gasteiger partial charge in [0.25, 0.3) is 6.29 Å². The van der Waals surface area contributed by atoms with Gasteiger partial charge in [-0.25, -0.2) is 0 Å². The Bertz CT molecular complexity index is 163. The van der Waals surface area contributed by atoms with Crippen LogP contribution in [0.25, 0.3) is 0 Å². The fraction of sp³-hybridized carbons (Fsp3) is 0.667. The van der Waals surface area contributed by atoms with Crippen LogP contribution < -0.4 is 0 Å². The predicted octanol–water partition coefficient (Wildman–Crippen LogP) is 0.332. The number of carbonyl (C=O) groups is 1. The summed E-state index contributed by atoms with van der Waals surface area (Å²) in [6.07, 6.45) is 1.09. The molecule has 0 aromatic rings. The SMILES string of the molecule is CCN(CC)N=NC(=O)[C]=O. The van der Waals surface area contributed by atoms with Gasteiger partial charge in [0.05, 0.1) is 0 Å². The maximum absolute atomic E-state index is 10.2. The molecular formula is C6H10N3O2. The lowest BCUT2D eigenvalue weighted by molar-refractivity contribution is -0.112. The Morgan fingerprint density at radius 3 is 2.36 bits per heavy atom. The van der Waals surface area contributed by atoms with Crippen molar-refractivity contribution in [1.82, 2.24) is 5.01 Å². The molecule has 0 bridgehead atoms. The Balaban J connectivity index is 3.87. The van der Waals surface area contributed by atoms with Crippen LogP contribution in [-0.2, 0) is 9.59 Å². The van der Waals surface area contributed by atoms with Crippen molar-refractivity contribution in [3.05, 3.63) is 0 Å². The lowest BCUT2D eigenvalue weighted by Gasteiger charge is -2.09. The topological polar surface area (TPSA) is 62.1 Å². The maximum atomic E-state index is 10.2. The molecule has 0 N–H and O–H groups in total. The normalized spacial score (nSPS) is 10.0. The van der Waals surface area contributed by atoms with Crippen LogP contribution in [0.4, 0.5) is 0 Å². The van der Waals surface area contributed by atoms with Crippen LogP contribution in [0, 0.1) is 0 Å². The van der Waals surface area contributed by atoms with Crippen molar-refractivity contribution in [2.45, 2.75) is 13.8 Å². The summed E-state index contributed by atoms with van der Waals surface area (Å²) in [5.41, 5.74) is 0. The highest BCUT2D eigenvalue weighted by atomic mass is 16.2. The molecule has 0 aromatic heterocycles. The Hall–Kier alpha value is -1.26. The molecule has 0 aromatic carbocycles. The van der Waals surface area contributed by atoms with Crippen molar-refractivity contribution in [2.24, 2.45) is 10.3 Å². The second-order valence-corrected chi connectivity index (χ2v) is 1.74. The van der Waals surface area contributed by atoms with Crippen molar-refractivity contribution in [3.8, 4) is 0 Å². The van der Waals surface area contributed by atoms with Crippen LogP contribution in [0.5, 0.6) is 0 Å². The summed E-state index contributed by atoms with van der Waals surface area (Å²) >= 11 is 0. The van der Waals surface area contributed by atoms with E-state index in [1.807, 2.05) is 13.8 Å². The van der Waals surface area contributed by atoms with E-state index in [1.54, 1.807) is 5.01 Å². The average molecular weight is 156 g/mol. The van der Waals surface area contributed by atoms with Gasteiger partial charge >= 0.3 is 5.91 Å². The first kappa shape index (κ1) is 9.74. The summed E-state index contributed by atoms with van der Waals surface area (Å²) < 4.78 is 0. The first-order chi connectivity index (χ1) is 5.24. The van der Waals surface area contributed by atoms with E-state index in [1.165, 1.54) is 0 Å². The zero-order valence-corrected chi connectivity index (χ0v) is 6.57. The number of rotatable bonds is 4. The van der Waals surface area contributed by atoms with Crippen LogP contribution in [0.1, 0.15) is 13.8 Å². The Morgan fingerprint density at radius 2 is 2.00 bits per heavy atom. The zero-order valence-electron chi connectivity index (χ0n) is 6.57. The molecule has 1 amide bonds. The minimum absolute atomic E-state index is 0.659. The highest BCUT2D eigenvalue weighted by molar-refractivity contribution is 6.24. The molecule has 0 aliphatic heterocycles. The summed E-state index contributed by atoms with van der Waals surface area (Å²) in [4.78, 5) is 19.9. The largest absolute Gasteiger partial charge is 0.341 e. The summed E-state index contributed by atoms with van der Waals surface area (Å²) in [7, 11) is 0. The molecule has 0 unspecified atom stereocenters. The average Bonchev–Trinajstić information content (AvgIpc) is 2.06. The predicted molar refractivity (Wildman–Crippen MR) is 38.5 cm³/mol. The van der Waals surface area contributed by atoms with Crippen molar-refractivity contribution < 1.29 is 9.59 Å². The molecule has 1 radical (unpaired) electrons. The van der Waals surface area contributed by atoms with E-state index < -0.39 is 5.91 Å². The van der Waals surface area contributed by atoms with E-state index in [0.29, 0.717) is 13.1 Å². The van der Waals surface area contributed by atoms with E-state index in [9.17, 15) is 9.59 Å². The quantitative estimate of drug-likeness (QED) is 0.335. The van der Waals surface area contributed by atoms with Crippen LogP contribution in [-0.4, -0.2) is 30.3 Å². The molecule has 0 atom stereocenters. The fourth-order valence-corrected chi connectivity index (χ4v) is 0.474. The number of nitrogens with zero attached hydrogens (tertiary/aromatic N) is 3. The molecule has 61 valence electrons. The minimum Gasteiger partial charge on any atom is -0.279 e. The molecule has 0 saturated heterocycles. The maximum Gasteiger partial charge on any atom is 0.341 e. The summed E-state index contributed by atoms with van der Waals surface area (Å²) in [5, 5.41) is 8.10. The van der Waals surface area contributed by atoms with Crippen molar-refractivity contribution in [1.29, 1.82) is 0 Å². The van der Waals surface area contributed by atoms with E-state index in [-0.39, 0.29) is 0 Å². The Morgan fingerprint density at radius 1 is 1.45 bits per heavy atom. The zero-order chi connectivity index (χ0) is 8.69. The highest BCUT2D eigenvalue weighted by Gasteiger charge is 1.96. The van der Waals surface area contributed by atoms with Gasteiger partial charge in [-0.15, -0.1) is 0 Å². The molecule has 11 heavy (non-hydrogen) atoms. The first-order valence-corrected chi connectivity index (χ1v) is 3.33. The van der Waals surface area contributed by atoms with Crippen molar-refractivity contribution >= 4 is 12.2 Å². The molecular weight excluding hydrogens is 146 g/mol. The summed E-state index contributed by atoms with van der Waals surface area (Å²) in [6, 6.07) is 0. The van der Waals surface area contributed by atoms with Crippen molar-refractivity contribution in [2.75, 3.05) is 13.1 Å². The second kappa shape index (κ2) is 5.52. The third-order valence-electron chi connectivity index (χ3n) is 1.08. The van der Waals surface area contributed by atoms with Gasteiger partial charge < -0.3 is 0 Å². The summed E-state index contributed by atoms with van der Waals surface area (Å²) in [5.74, 6) is -0.975. The molecule has 0 aliphatic carbocycles. The van der Waals surface area contributed by atoms with Gasteiger partial charge in [0.1, 0.15) is 0 Å². The van der Waals surface area contributed by atoms with Gasteiger partial charge in [-0.05, 0) is 13.8 Å². The van der Waals surface area contributed by atoms with Crippen LogP contribution >= 0.6 is 0 Å². The van der Waals surface area contributed by atoms with E-state index in [2.05, 4.69) is 10.3 Å². The van der Waals surface area contributed by atoms with Gasteiger partial charge in [-0.1, -0.05) is 10.3 Å². The molecule has 5 heteroatoms. The molecule has 0 heterocycles. The van der Waals surface area contributed by atoms with Gasteiger partial charge in [0.15, 0.2) is 0 Å². The highest BCUT2D eigenvalue weighted by Crippen LogP contribution is 1.88. The number of hydrogen-bond donors (Lipinski definition) is 0. The fourth-order valence-electron chi connectivity index (χ4n) is 0.474. The second-order valence-electron chi connectivity index (χ2n) is 1.74. The van der Waals surface area contributed by atoms with Crippen LogP contribution in [0.3, 0.4) is 0 Å². The van der Waals surface area contributed by atoms with E-state index in [0.717, 1.165) is 6.29 Å². The van der Waals surface area contributed by atoms with Gasteiger partial charge in [-0.3, -0.25) is 14.6 Å². The monoisotopic (exact) mass is 156 g/mol. The molecule has 5 nitrogen and oxygen atoms in total. The van der Waals surface area contributed by atoms with E-state index in [4.69, 9.17) is 0 Å². The van der Waals surface area contributed by atoms with Gasteiger partial charge in [0, 0.05) is 13.1 Å². The molecule has 0 fully saturated rings. The Labute approximate surface area is 65.1 Å². The minimum atomic E-state index is -0.975. The van der Waals surface area contributed by atoms with Crippen LogP contribution in [0.2, 0.25) is 0 Å². The number of amides is 1. The molecule has 0 aliphatic rings. The third kappa shape index (κ3) is 4.19. The van der Waals surface area contributed by atoms with Crippen molar-refractivity contribution in [3.63, 3.8) is 0 Å². The first-order valence-electron chi connectivity index (χ1n) is 3.33. The standard InChI is InChI=1S/C6H10N3O2/c1-3-9(4-2)8-7-6(11)5-10/h3-4H2,1-2H3. The van der Waals surface area contributed by atoms with E-state index >= 15 is 0 Å². The lowest BCUT2D eigenvalue weighted by Crippen LogP contribution is -2.15. The third-order valence-corrected chi connectivity index (χ3v) is 1.08. The van der Waals surface area contributed by atoms with Gasteiger partial charge in [-0.2, -0.15) is 0 Å². The smallest absolute Gasteiger partial charge is 0.279 e. The van der Waals surface area contributed by atoms with Gasteiger partial charge in [0.2, 0.25) is 0 Å². The molecule has 0 saturated carbocycles. The van der Waals surface area contributed by atoms with Crippen LogP contribution in [0.15, 0.2) is 10.3 Å². The molecule has 0 rings (SSSR count). The number of hydrogen-bond acceptors (Lipinski definition) is 3. The molecule has 0 spiro atoms. The lowest BCUT2D eigenvalue weighted by atomic mass is 10.6. The summed E-state index contributed by atoms with van der Waals surface area (Å²) in [6.45, 7) is 5.06. The Kier molecular flexibility index (Phi) is 4.89.